The molecule has 5 heteroatoms. The van der Waals surface area contributed by atoms with Crippen molar-refractivity contribution in [3.8, 4) is 0 Å². The van der Waals surface area contributed by atoms with E-state index >= 15 is 0 Å². The number of nitrogens with one attached hydrogen (secondary N) is 1. The second-order valence-corrected chi connectivity index (χ2v) is 8.07. The standard InChI is InChI=1S/C14H32N2O2S/c1-6-15-9-7-8-10-19(17,18)16(11-13(2)3)12-14(4)5/h13-15H,6-12H2,1-5H3. The molecular weight excluding hydrogens is 260 g/mol. The summed E-state index contributed by atoms with van der Waals surface area (Å²) in [5.41, 5.74) is 0. The molecule has 1 N–H and O–H groups in total. The van der Waals surface area contributed by atoms with Gasteiger partial charge in [-0.3, -0.25) is 0 Å². The van der Waals surface area contributed by atoms with E-state index in [1.807, 2.05) is 0 Å². The molecule has 0 aliphatic heterocycles. The van der Waals surface area contributed by atoms with Crippen molar-refractivity contribution < 1.29 is 8.42 Å². The molecular formula is C14H32N2O2S. The summed E-state index contributed by atoms with van der Waals surface area (Å²) in [6, 6.07) is 0. The van der Waals surface area contributed by atoms with Crippen molar-refractivity contribution in [2.75, 3.05) is 31.9 Å². The molecule has 19 heavy (non-hydrogen) atoms. The fourth-order valence-electron chi connectivity index (χ4n) is 1.96. The van der Waals surface area contributed by atoms with Gasteiger partial charge in [-0.15, -0.1) is 0 Å². The van der Waals surface area contributed by atoms with Gasteiger partial charge in [0.2, 0.25) is 10.0 Å². The van der Waals surface area contributed by atoms with Gasteiger partial charge in [-0.05, 0) is 37.8 Å². The lowest BCUT2D eigenvalue weighted by molar-refractivity contribution is 0.333. The van der Waals surface area contributed by atoms with Crippen molar-refractivity contribution in [2.45, 2.75) is 47.5 Å². The normalized spacial score (nSPS) is 12.8. The van der Waals surface area contributed by atoms with E-state index in [0.717, 1.165) is 25.9 Å². The Labute approximate surface area is 120 Å². The topological polar surface area (TPSA) is 49.4 Å². The van der Waals surface area contributed by atoms with E-state index in [-0.39, 0.29) is 5.75 Å². The quantitative estimate of drug-likeness (QED) is 0.595. The van der Waals surface area contributed by atoms with Crippen LogP contribution in [-0.4, -0.2) is 44.7 Å². The van der Waals surface area contributed by atoms with Crippen LogP contribution in [0.3, 0.4) is 0 Å². The average molecular weight is 292 g/mol. The highest BCUT2D eigenvalue weighted by Crippen LogP contribution is 2.11. The Morgan fingerprint density at radius 1 is 1.00 bits per heavy atom. The van der Waals surface area contributed by atoms with Crippen LogP contribution in [0.5, 0.6) is 0 Å². The second-order valence-electron chi connectivity index (χ2n) is 5.98. The number of unbranched alkanes of at least 4 members (excludes halogenated alkanes) is 1. The van der Waals surface area contributed by atoms with E-state index in [1.54, 1.807) is 4.31 Å². The third kappa shape index (κ3) is 9.41. The van der Waals surface area contributed by atoms with Gasteiger partial charge < -0.3 is 5.32 Å². The molecule has 0 aliphatic carbocycles. The summed E-state index contributed by atoms with van der Waals surface area (Å²) in [5, 5.41) is 3.22. The van der Waals surface area contributed by atoms with Gasteiger partial charge in [0, 0.05) is 13.1 Å². The predicted molar refractivity (Wildman–Crippen MR) is 82.8 cm³/mol. The van der Waals surface area contributed by atoms with Crippen LogP contribution in [0.15, 0.2) is 0 Å². The number of rotatable bonds is 11. The molecule has 0 aromatic rings. The van der Waals surface area contributed by atoms with Gasteiger partial charge in [-0.25, -0.2) is 12.7 Å². The maximum Gasteiger partial charge on any atom is 0.214 e. The molecule has 0 aromatic carbocycles. The molecule has 0 unspecified atom stereocenters. The fourth-order valence-corrected chi connectivity index (χ4v) is 3.83. The molecule has 0 bridgehead atoms. The Kier molecular flexibility index (Phi) is 9.66. The second kappa shape index (κ2) is 9.72. The Morgan fingerprint density at radius 3 is 1.95 bits per heavy atom. The first-order chi connectivity index (χ1) is 8.79. The van der Waals surface area contributed by atoms with Crippen LogP contribution in [0.4, 0.5) is 0 Å². The Balaban J connectivity index is 4.35. The summed E-state index contributed by atoms with van der Waals surface area (Å²) >= 11 is 0. The minimum atomic E-state index is -3.09. The molecule has 0 radical (unpaired) electrons. The van der Waals surface area contributed by atoms with Gasteiger partial charge in [0.1, 0.15) is 0 Å². The number of nitrogens with zero attached hydrogens (tertiary/aromatic N) is 1. The van der Waals surface area contributed by atoms with Crippen molar-refractivity contribution in [2.24, 2.45) is 11.8 Å². The van der Waals surface area contributed by atoms with Crippen molar-refractivity contribution in [1.82, 2.24) is 9.62 Å². The molecule has 0 aliphatic rings. The largest absolute Gasteiger partial charge is 0.317 e. The number of hydrogen-bond donors (Lipinski definition) is 1. The molecule has 0 spiro atoms. The lowest BCUT2D eigenvalue weighted by atomic mass is 10.2. The number of sulfonamides is 1. The maximum absolute atomic E-state index is 12.3. The smallest absolute Gasteiger partial charge is 0.214 e. The highest BCUT2D eigenvalue weighted by molar-refractivity contribution is 7.89. The van der Waals surface area contributed by atoms with Crippen LogP contribution in [-0.2, 0) is 10.0 Å². The molecule has 0 aromatic heterocycles. The highest BCUT2D eigenvalue weighted by atomic mass is 32.2. The van der Waals surface area contributed by atoms with Gasteiger partial charge in [0.15, 0.2) is 0 Å². The zero-order valence-corrected chi connectivity index (χ0v) is 14.1. The summed E-state index contributed by atoms with van der Waals surface area (Å²) in [7, 11) is -3.09. The summed E-state index contributed by atoms with van der Waals surface area (Å²) in [5.74, 6) is 1.02. The van der Waals surface area contributed by atoms with Gasteiger partial charge in [-0.2, -0.15) is 0 Å². The Hall–Kier alpha value is -0.130. The number of hydrogen-bond acceptors (Lipinski definition) is 3. The van der Waals surface area contributed by atoms with Gasteiger partial charge in [0.25, 0.3) is 0 Å². The summed E-state index contributed by atoms with van der Waals surface area (Å²) in [6.45, 7) is 13.4. The first kappa shape index (κ1) is 18.9. The maximum atomic E-state index is 12.3. The predicted octanol–water partition coefficient (Wildman–Crippen LogP) is 2.32. The van der Waals surface area contributed by atoms with E-state index in [4.69, 9.17) is 0 Å². The van der Waals surface area contributed by atoms with Gasteiger partial charge in [0.05, 0.1) is 5.75 Å². The third-order valence-corrected chi connectivity index (χ3v) is 4.68. The lowest BCUT2D eigenvalue weighted by Crippen LogP contribution is -2.38. The minimum absolute atomic E-state index is 0.276. The molecule has 0 amide bonds. The molecule has 4 nitrogen and oxygen atoms in total. The molecule has 0 fully saturated rings. The average Bonchev–Trinajstić information content (AvgIpc) is 2.26. The van der Waals surface area contributed by atoms with E-state index in [9.17, 15) is 8.42 Å². The minimum Gasteiger partial charge on any atom is -0.317 e. The van der Waals surface area contributed by atoms with E-state index < -0.39 is 10.0 Å². The monoisotopic (exact) mass is 292 g/mol. The Bertz CT molecular complexity index is 303. The summed E-state index contributed by atoms with van der Waals surface area (Å²) in [6.07, 6.45) is 1.66. The molecule has 0 heterocycles. The van der Waals surface area contributed by atoms with Crippen molar-refractivity contribution in [1.29, 1.82) is 0 Å². The summed E-state index contributed by atoms with van der Waals surface area (Å²) < 4.78 is 26.4. The zero-order valence-electron chi connectivity index (χ0n) is 13.3. The molecule has 0 saturated heterocycles. The van der Waals surface area contributed by atoms with Crippen molar-refractivity contribution >= 4 is 10.0 Å². The van der Waals surface area contributed by atoms with Crippen molar-refractivity contribution in [3.05, 3.63) is 0 Å². The molecule has 0 atom stereocenters. The van der Waals surface area contributed by atoms with Gasteiger partial charge in [-0.1, -0.05) is 34.6 Å². The Morgan fingerprint density at radius 2 is 1.53 bits per heavy atom. The van der Waals surface area contributed by atoms with Crippen molar-refractivity contribution in [3.63, 3.8) is 0 Å². The van der Waals surface area contributed by atoms with Gasteiger partial charge >= 0.3 is 0 Å². The van der Waals surface area contributed by atoms with Crippen LogP contribution in [0.1, 0.15) is 47.5 Å². The summed E-state index contributed by atoms with van der Waals surface area (Å²) in [4.78, 5) is 0. The SMILES string of the molecule is CCNCCCCS(=O)(=O)N(CC(C)C)CC(C)C. The van der Waals surface area contributed by atoms with Crippen LogP contribution in [0.2, 0.25) is 0 Å². The third-order valence-electron chi connectivity index (χ3n) is 2.79. The van der Waals surface area contributed by atoms with Crippen LogP contribution >= 0.6 is 0 Å². The fraction of sp³-hybridized carbons (Fsp3) is 1.00. The molecule has 0 saturated carbocycles. The van der Waals surface area contributed by atoms with Crippen LogP contribution < -0.4 is 5.32 Å². The highest BCUT2D eigenvalue weighted by Gasteiger charge is 2.23. The van der Waals surface area contributed by atoms with E-state index in [2.05, 4.69) is 39.9 Å². The molecule has 116 valence electrons. The molecule has 0 rings (SSSR count). The zero-order chi connectivity index (χ0) is 14.9. The lowest BCUT2D eigenvalue weighted by Gasteiger charge is -2.25. The van der Waals surface area contributed by atoms with E-state index in [0.29, 0.717) is 24.9 Å². The first-order valence-electron chi connectivity index (χ1n) is 7.48. The first-order valence-corrected chi connectivity index (χ1v) is 9.09. The van der Waals surface area contributed by atoms with E-state index in [1.165, 1.54) is 0 Å². The van der Waals surface area contributed by atoms with Crippen LogP contribution in [0, 0.1) is 11.8 Å². The van der Waals surface area contributed by atoms with Crippen LogP contribution in [0.25, 0.3) is 0 Å².